The van der Waals surface area contributed by atoms with Gasteiger partial charge in [0, 0.05) is 57.8 Å². The molecule has 2 amide bonds. The average Bonchev–Trinajstić information content (AvgIpc) is 3.21. The Hall–Kier alpha value is -2.25. The summed E-state index contributed by atoms with van der Waals surface area (Å²) >= 11 is 0. The maximum absolute atomic E-state index is 12.3. The largest absolute Gasteiger partial charge is 0.500 e. The minimum atomic E-state index is -2.68. The van der Waals surface area contributed by atoms with Gasteiger partial charge < -0.3 is 38.9 Å². The number of urea groups is 1. The van der Waals surface area contributed by atoms with E-state index >= 15 is 0 Å². The molecule has 0 saturated heterocycles. The summed E-state index contributed by atoms with van der Waals surface area (Å²) in [6.07, 6.45) is 1.45. The predicted molar refractivity (Wildman–Crippen MR) is 143 cm³/mol. The third-order valence-corrected chi connectivity index (χ3v) is 8.94. The van der Waals surface area contributed by atoms with Gasteiger partial charge in [-0.2, -0.15) is 0 Å². The van der Waals surface area contributed by atoms with Gasteiger partial charge in [0.25, 0.3) is 0 Å². The van der Waals surface area contributed by atoms with Crippen LogP contribution in [0.15, 0.2) is 0 Å². The number of nitrogen functional groups attached to an aromatic ring is 1. The molecule has 0 fully saturated rings. The van der Waals surface area contributed by atoms with Crippen LogP contribution >= 0.6 is 0 Å². The fourth-order valence-electron chi connectivity index (χ4n) is 4.10. The van der Waals surface area contributed by atoms with Crippen molar-refractivity contribution in [1.29, 1.82) is 0 Å². The molecule has 0 bridgehead atoms. The van der Waals surface area contributed by atoms with E-state index in [9.17, 15) is 4.79 Å². The van der Waals surface area contributed by atoms with Crippen molar-refractivity contribution in [3.63, 3.8) is 0 Å². The van der Waals surface area contributed by atoms with Crippen LogP contribution in [0.25, 0.3) is 11.0 Å². The predicted octanol–water partition coefficient (Wildman–Crippen LogP) is 3.29. The lowest BCUT2D eigenvalue weighted by Crippen LogP contribution is -2.46. The molecule has 2 heterocycles. The Morgan fingerprint density at radius 2 is 1.56 bits per heavy atom. The van der Waals surface area contributed by atoms with Crippen molar-refractivity contribution in [2.24, 2.45) is 0 Å². The van der Waals surface area contributed by atoms with E-state index in [4.69, 9.17) is 28.7 Å². The molecule has 0 unspecified atom stereocenters. The second-order valence-electron chi connectivity index (χ2n) is 8.34. The maximum Gasteiger partial charge on any atom is 0.500 e. The fraction of sp³-hybridized carbons (Fsp3) is 0.708. The Balaban J connectivity index is 1.88. The lowest BCUT2D eigenvalue weighted by molar-refractivity contribution is 0.0708. The number of aromatic nitrogens is 3. The number of ether oxygens (including phenoxy) is 1. The van der Waals surface area contributed by atoms with Crippen LogP contribution in [0, 0.1) is 13.8 Å². The van der Waals surface area contributed by atoms with Crippen molar-refractivity contribution in [1.82, 2.24) is 25.2 Å². The normalized spacial score (nSPS) is 11.8. The zero-order valence-corrected chi connectivity index (χ0v) is 23.7. The maximum atomic E-state index is 12.3. The fourth-order valence-corrected chi connectivity index (χ4v) is 6.71. The second kappa shape index (κ2) is 15.1. The van der Waals surface area contributed by atoms with Crippen molar-refractivity contribution in [3.05, 3.63) is 17.1 Å². The van der Waals surface area contributed by atoms with Crippen molar-refractivity contribution < 1.29 is 22.8 Å². The van der Waals surface area contributed by atoms with Gasteiger partial charge in [-0.25, -0.2) is 14.8 Å². The summed E-state index contributed by atoms with van der Waals surface area (Å²) in [6.45, 7) is 16.1. The summed E-state index contributed by atoms with van der Waals surface area (Å²) in [5.41, 5.74) is 9.76. The number of carbonyl (C=O) groups is 1. The van der Waals surface area contributed by atoms with Gasteiger partial charge in [-0.15, -0.1) is 0 Å². The Morgan fingerprint density at radius 3 is 2.14 bits per heavy atom. The number of fused-ring (bicyclic) bond motifs is 1. The summed E-state index contributed by atoms with van der Waals surface area (Å²) in [5.74, 6) is 1.23. The number of nitrogens with zero attached hydrogens (tertiary/aromatic N) is 3. The molecule has 11 nitrogen and oxygen atoms in total. The van der Waals surface area contributed by atoms with E-state index in [-0.39, 0.29) is 6.03 Å². The lowest BCUT2D eigenvalue weighted by Gasteiger charge is -2.28. The molecular formula is C24H44N6O5Si. The number of hydrogen-bond acceptors (Lipinski definition) is 8. The number of pyridine rings is 1. The SMILES string of the molecule is CCOCc1nc2c(N)nc(C)c(C)c2n1CCCNC(=O)NCCC[Si](OCC)(OCC)OCC. The molecular weight excluding hydrogens is 480 g/mol. The molecule has 0 aliphatic heterocycles. The van der Waals surface area contributed by atoms with E-state index < -0.39 is 8.80 Å². The highest BCUT2D eigenvalue weighted by molar-refractivity contribution is 6.60. The van der Waals surface area contributed by atoms with Gasteiger partial charge in [0.2, 0.25) is 0 Å². The molecule has 2 aromatic heterocycles. The Morgan fingerprint density at radius 1 is 0.944 bits per heavy atom. The third-order valence-electron chi connectivity index (χ3n) is 5.79. The van der Waals surface area contributed by atoms with Crippen LogP contribution in [0.5, 0.6) is 0 Å². The molecule has 0 spiro atoms. The monoisotopic (exact) mass is 524 g/mol. The molecule has 204 valence electrons. The molecule has 36 heavy (non-hydrogen) atoms. The number of rotatable bonds is 17. The number of nitrogens with two attached hydrogens (primary N) is 1. The zero-order chi connectivity index (χ0) is 26.6. The van der Waals surface area contributed by atoms with Crippen LogP contribution in [0.4, 0.5) is 10.6 Å². The molecule has 12 heteroatoms. The summed E-state index contributed by atoms with van der Waals surface area (Å²) < 4.78 is 25.3. The van der Waals surface area contributed by atoms with Crippen LogP contribution in [0.2, 0.25) is 6.04 Å². The van der Waals surface area contributed by atoms with Crippen LogP contribution in [-0.4, -0.2) is 68.9 Å². The number of anilines is 1. The molecule has 0 radical (unpaired) electrons. The number of nitrogens with one attached hydrogen (secondary N) is 2. The van der Waals surface area contributed by atoms with Crippen molar-refractivity contribution in [2.45, 2.75) is 73.6 Å². The third kappa shape index (κ3) is 8.13. The molecule has 2 aromatic rings. The standard InChI is InChI=1S/C24H44N6O5Si/c1-7-32-17-20-29-21-22(18(5)19(6)28-23(21)25)30(20)15-11-13-26-24(31)27-14-12-16-36(33-8-2,34-9-3)35-10-4/h7-17H2,1-6H3,(H2,25,28)(H2,26,27,31). The first-order valence-electron chi connectivity index (χ1n) is 12.9. The second-order valence-corrected chi connectivity index (χ2v) is 11.1. The van der Waals surface area contributed by atoms with Crippen molar-refractivity contribution in [2.75, 3.05) is 45.3 Å². The Bertz CT molecular complexity index is 953. The van der Waals surface area contributed by atoms with Crippen molar-refractivity contribution >= 4 is 31.7 Å². The molecule has 0 atom stereocenters. The molecule has 4 N–H and O–H groups in total. The minimum Gasteiger partial charge on any atom is -0.382 e. The molecule has 0 saturated carbocycles. The first kappa shape index (κ1) is 30.0. The van der Waals surface area contributed by atoms with Crippen LogP contribution in [0.1, 0.15) is 57.6 Å². The highest BCUT2D eigenvalue weighted by atomic mass is 28.4. The summed E-state index contributed by atoms with van der Waals surface area (Å²) in [7, 11) is -2.68. The summed E-state index contributed by atoms with van der Waals surface area (Å²) in [5, 5.41) is 5.84. The van der Waals surface area contributed by atoms with Crippen LogP contribution in [0.3, 0.4) is 0 Å². The number of amides is 2. The lowest BCUT2D eigenvalue weighted by atomic mass is 10.2. The van der Waals surface area contributed by atoms with Gasteiger partial charge in [-0.05, 0) is 59.9 Å². The quantitative estimate of drug-likeness (QED) is 0.212. The number of imidazole rings is 1. The van der Waals surface area contributed by atoms with E-state index in [1.807, 2.05) is 41.5 Å². The van der Waals surface area contributed by atoms with Gasteiger partial charge in [0.1, 0.15) is 17.9 Å². The van der Waals surface area contributed by atoms with Gasteiger partial charge in [-0.3, -0.25) is 0 Å². The molecule has 0 aliphatic rings. The molecule has 0 aromatic carbocycles. The van der Waals surface area contributed by atoms with Gasteiger partial charge >= 0.3 is 14.8 Å². The number of carbonyl (C=O) groups excluding carboxylic acids is 1. The number of hydrogen-bond donors (Lipinski definition) is 3. The first-order chi connectivity index (χ1) is 17.3. The van der Waals surface area contributed by atoms with E-state index in [0.29, 0.717) is 70.0 Å². The molecule has 0 aliphatic carbocycles. The Kier molecular flexibility index (Phi) is 12.6. The topological polar surface area (TPSA) is 135 Å². The van der Waals surface area contributed by atoms with Crippen LogP contribution in [-0.2, 0) is 31.2 Å². The minimum absolute atomic E-state index is 0.197. The highest BCUT2D eigenvalue weighted by Gasteiger charge is 2.39. The van der Waals surface area contributed by atoms with E-state index in [2.05, 4.69) is 20.2 Å². The van der Waals surface area contributed by atoms with E-state index in [0.717, 1.165) is 35.4 Å². The average molecular weight is 525 g/mol. The van der Waals surface area contributed by atoms with Gasteiger partial charge in [0.15, 0.2) is 5.82 Å². The van der Waals surface area contributed by atoms with E-state index in [1.165, 1.54) is 0 Å². The first-order valence-corrected chi connectivity index (χ1v) is 14.9. The van der Waals surface area contributed by atoms with Crippen LogP contribution < -0.4 is 16.4 Å². The zero-order valence-electron chi connectivity index (χ0n) is 22.7. The summed E-state index contributed by atoms with van der Waals surface area (Å²) in [6, 6.07) is 0.465. The smallest absolute Gasteiger partial charge is 0.382 e. The molecule has 2 rings (SSSR count). The number of aryl methyl sites for hydroxylation is 3. The highest BCUT2D eigenvalue weighted by Crippen LogP contribution is 2.26. The summed E-state index contributed by atoms with van der Waals surface area (Å²) in [4.78, 5) is 21.4. The van der Waals surface area contributed by atoms with Crippen molar-refractivity contribution in [3.8, 4) is 0 Å². The van der Waals surface area contributed by atoms with Gasteiger partial charge in [-0.1, -0.05) is 0 Å². The Labute approximate surface area is 215 Å². The van der Waals surface area contributed by atoms with Gasteiger partial charge in [0.05, 0.1) is 5.52 Å². The van der Waals surface area contributed by atoms with E-state index in [1.54, 1.807) is 0 Å².